The van der Waals surface area contributed by atoms with Crippen molar-refractivity contribution >= 4 is 0 Å². The van der Waals surface area contributed by atoms with E-state index in [0.717, 1.165) is 6.42 Å². The second-order valence-corrected chi connectivity index (χ2v) is 6.83. The van der Waals surface area contributed by atoms with Gasteiger partial charge in [0.15, 0.2) is 0 Å². The van der Waals surface area contributed by atoms with Crippen molar-refractivity contribution in [3.8, 4) is 0 Å². The fourth-order valence-electron chi connectivity index (χ4n) is 2.65. The van der Waals surface area contributed by atoms with Crippen LogP contribution in [0.2, 0.25) is 0 Å². The normalized spacial score (nSPS) is 27.4. The Balaban J connectivity index is 2.67. The summed E-state index contributed by atoms with van der Waals surface area (Å²) in [6, 6.07) is 0. The zero-order valence-corrected chi connectivity index (χ0v) is 11.9. The van der Waals surface area contributed by atoms with Gasteiger partial charge in [0.05, 0.1) is 5.60 Å². The van der Waals surface area contributed by atoms with Crippen LogP contribution in [0.25, 0.3) is 0 Å². The summed E-state index contributed by atoms with van der Waals surface area (Å²) < 4.78 is 5.53. The minimum atomic E-state index is 0.00250. The van der Waals surface area contributed by atoms with Crippen LogP contribution in [-0.2, 0) is 4.74 Å². The Morgan fingerprint density at radius 3 is 2.19 bits per heavy atom. The SMILES string of the molecule is COC(C)(C)CCC1(C(C)(C)C)CCCN1. The van der Waals surface area contributed by atoms with Crippen LogP contribution >= 0.6 is 0 Å². The molecule has 0 aromatic heterocycles. The molecule has 1 aliphatic rings. The standard InChI is InChI=1S/C14H29NO/c1-12(2,3)14(8-7-11-15-14)10-9-13(4,5)16-6/h15H,7-11H2,1-6H3. The zero-order valence-electron chi connectivity index (χ0n) is 11.9. The minimum absolute atomic E-state index is 0.00250. The molecule has 0 aromatic carbocycles. The molecular formula is C14H29NO. The first-order valence-electron chi connectivity index (χ1n) is 6.53. The highest BCUT2D eigenvalue weighted by Crippen LogP contribution is 2.42. The topological polar surface area (TPSA) is 21.3 Å². The van der Waals surface area contributed by atoms with Gasteiger partial charge in [-0.25, -0.2) is 0 Å². The van der Waals surface area contributed by atoms with E-state index in [1.807, 2.05) is 7.11 Å². The van der Waals surface area contributed by atoms with Crippen molar-refractivity contribution in [1.82, 2.24) is 5.32 Å². The van der Waals surface area contributed by atoms with Gasteiger partial charge in [0, 0.05) is 12.6 Å². The van der Waals surface area contributed by atoms with Gasteiger partial charge in [0.25, 0.3) is 0 Å². The average molecular weight is 227 g/mol. The maximum Gasteiger partial charge on any atom is 0.0623 e. The zero-order chi connectivity index (χ0) is 12.4. The molecular weight excluding hydrogens is 198 g/mol. The van der Waals surface area contributed by atoms with Gasteiger partial charge in [0.1, 0.15) is 0 Å². The predicted molar refractivity (Wildman–Crippen MR) is 69.7 cm³/mol. The van der Waals surface area contributed by atoms with Crippen LogP contribution in [-0.4, -0.2) is 24.8 Å². The van der Waals surface area contributed by atoms with E-state index in [1.165, 1.54) is 25.8 Å². The molecule has 2 nitrogen and oxygen atoms in total. The van der Waals surface area contributed by atoms with Crippen LogP contribution in [0.1, 0.15) is 60.3 Å². The molecule has 1 heterocycles. The molecule has 1 rings (SSSR count). The third kappa shape index (κ3) is 2.98. The molecule has 1 fully saturated rings. The molecule has 1 aliphatic heterocycles. The molecule has 1 N–H and O–H groups in total. The summed E-state index contributed by atoms with van der Waals surface area (Å²) in [4.78, 5) is 0. The van der Waals surface area contributed by atoms with E-state index in [2.05, 4.69) is 39.9 Å². The lowest BCUT2D eigenvalue weighted by Crippen LogP contribution is -2.51. The summed E-state index contributed by atoms with van der Waals surface area (Å²) in [6.07, 6.45) is 4.94. The largest absolute Gasteiger partial charge is 0.379 e. The van der Waals surface area contributed by atoms with E-state index in [4.69, 9.17) is 4.74 Å². The summed E-state index contributed by atoms with van der Waals surface area (Å²) >= 11 is 0. The van der Waals surface area contributed by atoms with Crippen LogP contribution < -0.4 is 5.32 Å². The lowest BCUT2D eigenvalue weighted by atomic mass is 9.69. The van der Waals surface area contributed by atoms with Gasteiger partial charge in [-0.05, 0) is 51.5 Å². The van der Waals surface area contributed by atoms with E-state index in [-0.39, 0.29) is 5.60 Å². The van der Waals surface area contributed by atoms with Crippen LogP contribution in [0.5, 0.6) is 0 Å². The van der Waals surface area contributed by atoms with E-state index >= 15 is 0 Å². The first kappa shape index (κ1) is 14.0. The molecule has 16 heavy (non-hydrogen) atoms. The van der Waals surface area contributed by atoms with Crippen LogP contribution in [0, 0.1) is 5.41 Å². The summed E-state index contributed by atoms with van der Waals surface area (Å²) in [5.41, 5.74) is 0.638. The van der Waals surface area contributed by atoms with Crippen molar-refractivity contribution in [1.29, 1.82) is 0 Å². The summed E-state index contributed by atoms with van der Waals surface area (Å²) in [6.45, 7) is 12.6. The molecule has 0 spiro atoms. The van der Waals surface area contributed by atoms with E-state index < -0.39 is 0 Å². The van der Waals surface area contributed by atoms with Crippen molar-refractivity contribution < 1.29 is 4.74 Å². The van der Waals surface area contributed by atoms with Crippen molar-refractivity contribution in [3.05, 3.63) is 0 Å². The number of nitrogens with one attached hydrogen (secondary N) is 1. The van der Waals surface area contributed by atoms with Crippen LogP contribution in [0.3, 0.4) is 0 Å². The van der Waals surface area contributed by atoms with Crippen molar-refractivity contribution in [2.45, 2.75) is 71.4 Å². The second kappa shape index (κ2) is 4.66. The Hall–Kier alpha value is -0.0800. The lowest BCUT2D eigenvalue weighted by Gasteiger charge is -2.44. The molecule has 2 heteroatoms. The maximum atomic E-state index is 5.53. The smallest absolute Gasteiger partial charge is 0.0623 e. The predicted octanol–water partition coefficient (Wildman–Crippen LogP) is 3.36. The Labute approximate surface area is 101 Å². The first-order chi connectivity index (χ1) is 7.22. The van der Waals surface area contributed by atoms with Crippen molar-refractivity contribution in [3.63, 3.8) is 0 Å². The minimum Gasteiger partial charge on any atom is -0.379 e. The van der Waals surface area contributed by atoms with Gasteiger partial charge in [0.2, 0.25) is 0 Å². The van der Waals surface area contributed by atoms with Gasteiger partial charge in [-0.2, -0.15) is 0 Å². The highest BCUT2D eigenvalue weighted by atomic mass is 16.5. The van der Waals surface area contributed by atoms with Crippen molar-refractivity contribution in [2.24, 2.45) is 5.41 Å². The Morgan fingerprint density at radius 1 is 1.19 bits per heavy atom. The molecule has 1 saturated heterocycles. The molecule has 0 bridgehead atoms. The molecule has 0 saturated carbocycles. The number of methoxy groups -OCH3 is 1. The quantitative estimate of drug-likeness (QED) is 0.795. The molecule has 0 aliphatic carbocycles. The highest BCUT2D eigenvalue weighted by molar-refractivity contribution is 5.02. The number of rotatable bonds is 4. The van der Waals surface area contributed by atoms with Gasteiger partial charge in [-0.1, -0.05) is 20.8 Å². The molecule has 0 radical (unpaired) electrons. The second-order valence-electron chi connectivity index (χ2n) is 6.83. The number of ether oxygens (including phenoxy) is 1. The van der Waals surface area contributed by atoms with Gasteiger partial charge in [-0.3, -0.25) is 0 Å². The van der Waals surface area contributed by atoms with E-state index in [0.29, 0.717) is 11.0 Å². The maximum absolute atomic E-state index is 5.53. The van der Waals surface area contributed by atoms with Gasteiger partial charge in [-0.15, -0.1) is 0 Å². The molecule has 1 unspecified atom stereocenters. The Morgan fingerprint density at radius 2 is 1.81 bits per heavy atom. The average Bonchev–Trinajstić information content (AvgIpc) is 2.64. The fourth-order valence-corrected chi connectivity index (χ4v) is 2.65. The number of hydrogen-bond donors (Lipinski definition) is 1. The summed E-state index contributed by atoms with van der Waals surface area (Å²) in [7, 11) is 1.81. The monoisotopic (exact) mass is 227 g/mol. The molecule has 96 valence electrons. The van der Waals surface area contributed by atoms with E-state index in [1.54, 1.807) is 0 Å². The highest BCUT2D eigenvalue weighted by Gasteiger charge is 2.44. The first-order valence-corrected chi connectivity index (χ1v) is 6.53. The van der Waals surface area contributed by atoms with E-state index in [9.17, 15) is 0 Å². The molecule has 0 aromatic rings. The molecule has 0 amide bonds. The van der Waals surface area contributed by atoms with Crippen LogP contribution in [0.4, 0.5) is 0 Å². The van der Waals surface area contributed by atoms with Crippen LogP contribution in [0.15, 0.2) is 0 Å². The fraction of sp³-hybridized carbons (Fsp3) is 1.00. The van der Waals surface area contributed by atoms with Gasteiger partial charge < -0.3 is 10.1 Å². The van der Waals surface area contributed by atoms with Crippen molar-refractivity contribution in [2.75, 3.05) is 13.7 Å². The molecule has 1 atom stereocenters. The summed E-state index contributed by atoms with van der Waals surface area (Å²) in [5.74, 6) is 0. The third-order valence-electron chi connectivity index (χ3n) is 4.39. The lowest BCUT2D eigenvalue weighted by molar-refractivity contribution is -0.000131. The Bertz CT molecular complexity index is 221. The summed E-state index contributed by atoms with van der Waals surface area (Å²) in [5, 5.41) is 3.75. The number of hydrogen-bond acceptors (Lipinski definition) is 2. The Kier molecular flexibility index (Phi) is 4.07. The third-order valence-corrected chi connectivity index (χ3v) is 4.39. The van der Waals surface area contributed by atoms with Gasteiger partial charge >= 0.3 is 0 Å².